The van der Waals surface area contributed by atoms with Gasteiger partial charge in [0, 0.05) is 19.2 Å². The predicted molar refractivity (Wildman–Crippen MR) is 62.6 cm³/mol. The fourth-order valence-corrected chi connectivity index (χ4v) is 1.76. The Morgan fingerprint density at radius 1 is 1.47 bits per heavy atom. The Bertz CT molecular complexity index is 407. The van der Waals surface area contributed by atoms with Crippen molar-refractivity contribution in [2.45, 2.75) is 19.8 Å². The van der Waals surface area contributed by atoms with Gasteiger partial charge in [-0.05, 0) is 25.7 Å². The summed E-state index contributed by atoms with van der Waals surface area (Å²) in [6, 6.07) is 0.813. The molecule has 17 heavy (non-hydrogen) atoms. The number of aromatic nitrogens is 1. The van der Waals surface area contributed by atoms with Crippen LogP contribution in [0, 0.1) is 17.6 Å². The molecule has 0 aromatic carbocycles. The van der Waals surface area contributed by atoms with E-state index in [9.17, 15) is 8.78 Å². The van der Waals surface area contributed by atoms with Gasteiger partial charge in [-0.25, -0.2) is 19.6 Å². The molecule has 6 heteroatoms. The minimum absolute atomic E-state index is 0.129. The third-order valence-electron chi connectivity index (χ3n) is 2.90. The second-order valence-corrected chi connectivity index (χ2v) is 4.25. The van der Waals surface area contributed by atoms with Crippen molar-refractivity contribution in [3.05, 3.63) is 17.7 Å². The van der Waals surface area contributed by atoms with Crippen LogP contribution in [0.25, 0.3) is 0 Å². The van der Waals surface area contributed by atoms with E-state index >= 15 is 0 Å². The molecule has 4 nitrogen and oxygen atoms in total. The van der Waals surface area contributed by atoms with Gasteiger partial charge in [-0.2, -0.15) is 0 Å². The normalized spacial score (nSPS) is 14.8. The third kappa shape index (κ3) is 2.63. The van der Waals surface area contributed by atoms with Crippen LogP contribution in [0.2, 0.25) is 0 Å². The van der Waals surface area contributed by atoms with Gasteiger partial charge in [0.05, 0.1) is 0 Å². The average molecular weight is 242 g/mol. The quantitative estimate of drug-likeness (QED) is 0.611. The van der Waals surface area contributed by atoms with Crippen LogP contribution in [0.3, 0.4) is 0 Å². The lowest BCUT2D eigenvalue weighted by Gasteiger charge is -2.22. The van der Waals surface area contributed by atoms with Crippen LogP contribution in [0.15, 0.2) is 6.07 Å². The number of halogens is 2. The van der Waals surface area contributed by atoms with Crippen LogP contribution in [0.1, 0.15) is 19.8 Å². The standard InChI is InChI=1S/C11H16F2N4/c1-2-17(6-7-3-4-7)11-9(13)5-8(12)10(15-11)16-14/h5,7H,2-4,6,14H2,1H3,(H,15,16). The molecule has 1 aromatic rings. The smallest absolute Gasteiger partial charge is 0.178 e. The summed E-state index contributed by atoms with van der Waals surface area (Å²) in [6.07, 6.45) is 2.34. The fourth-order valence-electron chi connectivity index (χ4n) is 1.76. The van der Waals surface area contributed by atoms with Gasteiger partial charge in [-0.1, -0.05) is 0 Å². The number of anilines is 2. The summed E-state index contributed by atoms with van der Waals surface area (Å²) in [6.45, 7) is 3.31. The first-order valence-corrected chi connectivity index (χ1v) is 5.73. The number of rotatable bonds is 5. The maximum atomic E-state index is 13.7. The number of nitrogens with zero attached hydrogens (tertiary/aromatic N) is 2. The van der Waals surface area contributed by atoms with E-state index in [1.165, 1.54) is 12.8 Å². The van der Waals surface area contributed by atoms with Crippen molar-refractivity contribution in [3.8, 4) is 0 Å². The first-order chi connectivity index (χ1) is 8.15. The molecule has 0 spiro atoms. The summed E-state index contributed by atoms with van der Waals surface area (Å²) < 4.78 is 26.9. The highest BCUT2D eigenvalue weighted by molar-refractivity contribution is 5.48. The maximum Gasteiger partial charge on any atom is 0.178 e. The first-order valence-electron chi connectivity index (χ1n) is 5.73. The molecule has 2 rings (SSSR count). The third-order valence-corrected chi connectivity index (χ3v) is 2.90. The summed E-state index contributed by atoms with van der Waals surface area (Å²) in [5.41, 5.74) is 2.13. The Hall–Kier alpha value is -1.43. The number of hydrazine groups is 1. The molecule has 0 bridgehead atoms. The molecular formula is C11H16F2N4. The van der Waals surface area contributed by atoms with Crippen LogP contribution in [0.4, 0.5) is 20.4 Å². The molecule has 0 radical (unpaired) electrons. The second-order valence-electron chi connectivity index (χ2n) is 4.25. The monoisotopic (exact) mass is 242 g/mol. The zero-order valence-electron chi connectivity index (χ0n) is 9.71. The number of pyridine rings is 1. The SMILES string of the molecule is CCN(CC1CC1)c1nc(NN)c(F)cc1F. The van der Waals surface area contributed by atoms with E-state index in [0.29, 0.717) is 12.5 Å². The molecule has 94 valence electrons. The Morgan fingerprint density at radius 3 is 2.71 bits per heavy atom. The van der Waals surface area contributed by atoms with Gasteiger partial charge in [-0.15, -0.1) is 0 Å². The molecule has 0 amide bonds. The number of hydrogen-bond donors (Lipinski definition) is 2. The highest BCUT2D eigenvalue weighted by Gasteiger charge is 2.26. The molecule has 1 aliphatic rings. The molecule has 1 aromatic heterocycles. The molecule has 1 fully saturated rings. The van der Waals surface area contributed by atoms with Crippen LogP contribution in [-0.2, 0) is 0 Å². The molecular weight excluding hydrogens is 226 g/mol. The summed E-state index contributed by atoms with van der Waals surface area (Å²) in [7, 11) is 0. The van der Waals surface area contributed by atoms with Gasteiger partial charge in [0.2, 0.25) is 0 Å². The second kappa shape index (κ2) is 4.83. The fraction of sp³-hybridized carbons (Fsp3) is 0.545. The Labute approximate surface area is 98.8 Å². The maximum absolute atomic E-state index is 13.7. The first kappa shape index (κ1) is 12.0. The highest BCUT2D eigenvalue weighted by atomic mass is 19.1. The lowest BCUT2D eigenvalue weighted by molar-refractivity contribution is 0.567. The molecule has 0 atom stereocenters. The Balaban J connectivity index is 2.27. The average Bonchev–Trinajstić information content (AvgIpc) is 3.11. The van der Waals surface area contributed by atoms with E-state index in [0.717, 1.165) is 12.6 Å². The van der Waals surface area contributed by atoms with Crippen molar-refractivity contribution in [2.24, 2.45) is 11.8 Å². The predicted octanol–water partition coefficient (Wildman–Crippen LogP) is 1.88. The van der Waals surface area contributed by atoms with E-state index in [2.05, 4.69) is 10.4 Å². The van der Waals surface area contributed by atoms with Crippen LogP contribution >= 0.6 is 0 Å². The van der Waals surface area contributed by atoms with E-state index in [1.807, 2.05) is 11.8 Å². The number of nitrogens with two attached hydrogens (primary N) is 1. The summed E-state index contributed by atoms with van der Waals surface area (Å²) >= 11 is 0. The Kier molecular flexibility index (Phi) is 3.42. The van der Waals surface area contributed by atoms with E-state index in [-0.39, 0.29) is 11.6 Å². The van der Waals surface area contributed by atoms with Gasteiger partial charge in [0.25, 0.3) is 0 Å². The molecule has 0 aliphatic heterocycles. The molecule has 0 unspecified atom stereocenters. The van der Waals surface area contributed by atoms with Crippen LogP contribution < -0.4 is 16.2 Å². The van der Waals surface area contributed by atoms with Crippen LogP contribution in [-0.4, -0.2) is 18.1 Å². The van der Waals surface area contributed by atoms with Crippen molar-refractivity contribution in [1.29, 1.82) is 0 Å². The number of hydrogen-bond acceptors (Lipinski definition) is 4. The van der Waals surface area contributed by atoms with Crippen molar-refractivity contribution >= 4 is 11.6 Å². The zero-order chi connectivity index (χ0) is 12.4. The molecule has 1 saturated carbocycles. The topological polar surface area (TPSA) is 54.2 Å². The summed E-state index contributed by atoms with van der Waals surface area (Å²) in [5, 5.41) is 0. The minimum atomic E-state index is -0.781. The van der Waals surface area contributed by atoms with Crippen LogP contribution in [0.5, 0.6) is 0 Å². The summed E-state index contributed by atoms with van der Waals surface area (Å²) in [4.78, 5) is 5.69. The van der Waals surface area contributed by atoms with Crippen molar-refractivity contribution < 1.29 is 8.78 Å². The summed E-state index contributed by atoms with van der Waals surface area (Å²) in [5.74, 6) is 4.34. The van der Waals surface area contributed by atoms with Crippen molar-refractivity contribution in [3.63, 3.8) is 0 Å². The van der Waals surface area contributed by atoms with E-state index < -0.39 is 11.6 Å². The van der Waals surface area contributed by atoms with Gasteiger partial charge < -0.3 is 10.3 Å². The lowest BCUT2D eigenvalue weighted by atomic mass is 10.3. The van der Waals surface area contributed by atoms with E-state index in [1.54, 1.807) is 0 Å². The lowest BCUT2D eigenvalue weighted by Crippen LogP contribution is -2.28. The van der Waals surface area contributed by atoms with Gasteiger partial charge in [-0.3, -0.25) is 0 Å². The molecule has 0 saturated heterocycles. The minimum Gasteiger partial charge on any atom is -0.354 e. The van der Waals surface area contributed by atoms with Crippen molar-refractivity contribution in [1.82, 2.24) is 4.98 Å². The highest BCUT2D eigenvalue weighted by Crippen LogP contribution is 2.32. The molecule has 3 N–H and O–H groups in total. The van der Waals surface area contributed by atoms with Gasteiger partial charge in [0.1, 0.15) is 0 Å². The largest absolute Gasteiger partial charge is 0.354 e. The van der Waals surface area contributed by atoms with Gasteiger partial charge in [0.15, 0.2) is 23.3 Å². The van der Waals surface area contributed by atoms with Crippen molar-refractivity contribution in [2.75, 3.05) is 23.4 Å². The number of nitrogens with one attached hydrogen (secondary N) is 1. The Morgan fingerprint density at radius 2 is 2.18 bits per heavy atom. The number of nitrogen functional groups attached to an aromatic ring is 1. The van der Waals surface area contributed by atoms with Gasteiger partial charge >= 0.3 is 0 Å². The molecule has 1 heterocycles. The molecule has 1 aliphatic carbocycles. The van der Waals surface area contributed by atoms with E-state index in [4.69, 9.17) is 5.84 Å². The zero-order valence-corrected chi connectivity index (χ0v) is 9.71.